The fraction of sp³-hybridized carbons (Fsp3) is 0.500. The van der Waals surface area contributed by atoms with E-state index in [0.29, 0.717) is 5.39 Å². The first-order valence-electron chi connectivity index (χ1n) is 9.81. The van der Waals surface area contributed by atoms with Crippen LogP contribution in [0, 0.1) is 0 Å². The lowest BCUT2D eigenvalue weighted by Gasteiger charge is -2.38. The fourth-order valence-electron chi connectivity index (χ4n) is 4.13. The minimum Gasteiger partial charge on any atom is -0.287 e. The van der Waals surface area contributed by atoms with Crippen LogP contribution in [0.4, 0.5) is 13.2 Å². The highest BCUT2D eigenvalue weighted by Crippen LogP contribution is 2.45. The summed E-state index contributed by atoms with van der Waals surface area (Å²) in [6.07, 6.45) is -0.726. The van der Waals surface area contributed by atoms with E-state index in [4.69, 9.17) is 0 Å². The molecule has 1 amide bonds. The van der Waals surface area contributed by atoms with E-state index in [2.05, 4.69) is 12.3 Å². The third-order valence-corrected chi connectivity index (χ3v) is 5.43. The monoisotopic (exact) mass is 392 g/mol. The Morgan fingerprint density at radius 1 is 1.14 bits per heavy atom. The molecule has 0 radical (unpaired) electrons. The molecule has 0 aliphatic carbocycles. The van der Waals surface area contributed by atoms with Gasteiger partial charge < -0.3 is 0 Å². The highest BCUT2D eigenvalue weighted by Gasteiger charge is 2.53. The lowest BCUT2D eigenvalue weighted by Crippen LogP contribution is -2.51. The van der Waals surface area contributed by atoms with Crippen LogP contribution in [0.5, 0.6) is 0 Å². The Labute approximate surface area is 163 Å². The van der Waals surface area contributed by atoms with E-state index in [0.717, 1.165) is 41.6 Å². The number of nitrogens with zero attached hydrogens (tertiary/aromatic N) is 1. The van der Waals surface area contributed by atoms with Crippen molar-refractivity contribution in [2.24, 2.45) is 0 Å². The Hall–Kier alpha value is -2.08. The summed E-state index contributed by atoms with van der Waals surface area (Å²) < 4.78 is 42.9. The van der Waals surface area contributed by atoms with Gasteiger partial charge in [0.15, 0.2) is 6.04 Å². The second-order valence-corrected chi connectivity index (χ2v) is 8.16. The summed E-state index contributed by atoms with van der Waals surface area (Å²) in [7, 11) is 0. The lowest BCUT2D eigenvalue weighted by molar-refractivity contribution is -0.203. The SMILES string of the molecule is CCCCCc1cccc2cccc([C@H](N3NC(=O)CC3(C)C)C(F)(F)F)c12. The zero-order chi connectivity index (χ0) is 20.5. The highest BCUT2D eigenvalue weighted by molar-refractivity contribution is 5.89. The summed E-state index contributed by atoms with van der Waals surface area (Å²) in [6.45, 7) is 5.43. The van der Waals surface area contributed by atoms with Crippen molar-refractivity contribution >= 4 is 16.7 Å². The van der Waals surface area contributed by atoms with Gasteiger partial charge in [0.25, 0.3) is 0 Å². The first kappa shape index (κ1) is 20.6. The molecule has 0 aromatic heterocycles. The third-order valence-electron chi connectivity index (χ3n) is 5.43. The Balaban J connectivity index is 2.17. The number of rotatable bonds is 6. The minimum absolute atomic E-state index is 0.0354. The Bertz CT molecular complexity index is 855. The maximum atomic E-state index is 14.3. The largest absolute Gasteiger partial charge is 0.409 e. The number of nitrogens with one attached hydrogen (secondary N) is 1. The van der Waals surface area contributed by atoms with E-state index in [9.17, 15) is 18.0 Å². The molecule has 3 nitrogen and oxygen atoms in total. The average Bonchev–Trinajstić information content (AvgIpc) is 2.86. The van der Waals surface area contributed by atoms with Crippen LogP contribution in [-0.4, -0.2) is 22.6 Å². The zero-order valence-electron chi connectivity index (χ0n) is 16.6. The Morgan fingerprint density at radius 2 is 1.82 bits per heavy atom. The summed E-state index contributed by atoms with van der Waals surface area (Å²) in [5.74, 6) is -0.386. The Morgan fingerprint density at radius 3 is 2.39 bits per heavy atom. The zero-order valence-corrected chi connectivity index (χ0v) is 16.6. The molecule has 1 fully saturated rings. The van der Waals surface area contributed by atoms with Crippen molar-refractivity contribution in [2.45, 2.75) is 70.6 Å². The van der Waals surface area contributed by atoms with Crippen LogP contribution in [0.25, 0.3) is 10.8 Å². The second-order valence-electron chi connectivity index (χ2n) is 8.16. The molecule has 28 heavy (non-hydrogen) atoms. The Kier molecular flexibility index (Phi) is 5.71. The number of hydrogen-bond donors (Lipinski definition) is 1. The number of fused-ring (bicyclic) bond motifs is 1. The topological polar surface area (TPSA) is 32.3 Å². The summed E-state index contributed by atoms with van der Waals surface area (Å²) in [4.78, 5) is 11.9. The molecule has 0 unspecified atom stereocenters. The van der Waals surface area contributed by atoms with E-state index in [1.165, 1.54) is 0 Å². The molecule has 2 aromatic carbocycles. The smallest absolute Gasteiger partial charge is 0.287 e. The molecule has 2 aromatic rings. The number of alkyl halides is 3. The molecule has 1 saturated heterocycles. The number of carbonyl (C=O) groups is 1. The quantitative estimate of drug-likeness (QED) is 0.641. The van der Waals surface area contributed by atoms with Crippen LogP contribution in [-0.2, 0) is 11.2 Å². The van der Waals surface area contributed by atoms with Gasteiger partial charge in [0.2, 0.25) is 5.91 Å². The van der Waals surface area contributed by atoms with Gasteiger partial charge in [-0.15, -0.1) is 0 Å². The molecular weight excluding hydrogens is 365 g/mol. The number of benzene rings is 2. The van der Waals surface area contributed by atoms with Gasteiger partial charge in [-0.1, -0.05) is 56.2 Å². The molecule has 0 saturated carbocycles. The van der Waals surface area contributed by atoms with E-state index < -0.39 is 17.8 Å². The normalized spacial score (nSPS) is 18.4. The summed E-state index contributed by atoms with van der Waals surface area (Å²) in [6, 6.07) is 8.83. The van der Waals surface area contributed by atoms with Gasteiger partial charge in [-0.25, -0.2) is 0 Å². The van der Waals surface area contributed by atoms with Crippen LogP contribution in [0.2, 0.25) is 0 Å². The van der Waals surface area contributed by atoms with Gasteiger partial charge in [0.05, 0.1) is 0 Å². The van der Waals surface area contributed by atoms with Crippen molar-refractivity contribution in [3.63, 3.8) is 0 Å². The summed E-state index contributed by atoms with van der Waals surface area (Å²) in [5.41, 5.74) is 2.66. The maximum Gasteiger partial charge on any atom is 0.409 e. The number of hydrazine groups is 1. The first-order chi connectivity index (χ1) is 13.1. The predicted molar refractivity (Wildman–Crippen MR) is 105 cm³/mol. The molecule has 3 rings (SSSR count). The minimum atomic E-state index is -4.53. The van der Waals surface area contributed by atoms with Crippen molar-refractivity contribution in [1.29, 1.82) is 0 Å². The van der Waals surface area contributed by atoms with Crippen molar-refractivity contribution in [2.75, 3.05) is 0 Å². The predicted octanol–water partition coefficient (Wildman–Crippen LogP) is 5.69. The van der Waals surface area contributed by atoms with Gasteiger partial charge >= 0.3 is 6.18 Å². The van der Waals surface area contributed by atoms with E-state index >= 15 is 0 Å². The number of carbonyl (C=O) groups excluding carboxylic acids is 1. The van der Waals surface area contributed by atoms with Crippen molar-refractivity contribution in [1.82, 2.24) is 10.4 Å². The van der Waals surface area contributed by atoms with E-state index in [-0.39, 0.29) is 17.9 Å². The van der Waals surface area contributed by atoms with Gasteiger partial charge in [-0.05, 0) is 48.6 Å². The second kappa shape index (κ2) is 7.74. The molecule has 1 aliphatic heterocycles. The maximum absolute atomic E-state index is 14.3. The highest BCUT2D eigenvalue weighted by atomic mass is 19.4. The lowest BCUT2D eigenvalue weighted by atomic mass is 9.90. The molecule has 1 atom stereocenters. The van der Waals surface area contributed by atoms with Crippen LogP contribution >= 0.6 is 0 Å². The van der Waals surface area contributed by atoms with Crippen molar-refractivity contribution in [3.05, 3.63) is 47.5 Å². The number of amides is 1. The van der Waals surface area contributed by atoms with E-state index in [1.807, 2.05) is 24.3 Å². The molecule has 0 bridgehead atoms. The van der Waals surface area contributed by atoms with Crippen molar-refractivity contribution in [3.8, 4) is 0 Å². The molecule has 152 valence electrons. The summed E-state index contributed by atoms with van der Waals surface area (Å²) >= 11 is 0. The number of halogens is 3. The van der Waals surface area contributed by atoms with Gasteiger partial charge in [-0.3, -0.25) is 10.2 Å². The van der Waals surface area contributed by atoms with Gasteiger partial charge in [0.1, 0.15) is 0 Å². The van der Waals surface area contributed by atoms with Crippen LogP contribution in [0.1, 0.15) is 63.6 Å². The van der Waals surface area contributed by atoms with Crippen LogP contribution < -0.4 is 5.43 Å². The van der Waals surface area contributed by atoms with Crippen LogP contribution in [0.3, 0.4) is 0 Å². The third kappa shape index (κ3) is 4.02. The van der Waals surface area contributed by atoms with E-state index in [1.54, 1.807) is 26.0 Å². The standard InChI is InChI=1S/C22H27F3N2O/c1-4-5-6-9-15-10-7-11-16-12-8-13-17(19(15)16)20(22(23,24)25)27-21(2,3)14-18(28)26-27/h7-8,10-13,20H,4-6,9,14H2,1-3H3,(H,26,28)/t20-/m0/s1. The summed E-state index contributed by atoms with van der Waals surface area (Å²) in [5, 5.41) is 2.54. The fourth-order valence-corrected chi connectivity index (χ4v) is 4.13. The number of unbranched alkanes of at least 4 members (excludes halogenated alkanes) is 2. The molecular formula is C22H27F3N2O. The number of hydrogen-bond acceptors (Lipinski definition) is 2. The van der Waals surface area contributed by atoms with Gasteiger partial charge in [0, 0.05) is 12.0 Å². The molecule has 1 heterocycles. The molecule has 6 heteroatoms. The average molecular weight is 392 g/mol. The molecule has 1 N–H and O–H groups in total. The first-order valence-corrected chi connectivity index (χ1v) is 9.81. The number of aryl methyl sites for hydroxylation is 1. The molecule has 1 aliphatic rings. The molecule has 0 spiro atoms. The van der Waals surface area contributed by atoms with Gasteiger partial charge in [-0.2, -0.15) is 18.2 Å². The van der Waals surface area contributed by atoms with Crippen LogP contribution in [0.15, 0.2) is 36.4 Å². The van der Waals surface area contributed by atoms with Crippen molar-refractivity contribution < 1.29 is 18.0 Å².